The lowest BCUT2D eigenvalue weighted by atomic mass is 9.83. The molecule has 3 heteroatoms. The van der Waals surface area contributed by atoms with Crippen LogP contribution in [0.3, 0.4) is 0 Å². The molecular formula is C16H24ClNO. The highest BCUT2D eigenvalue weighted by Crippen LogP contribution is 2.30. The topological polar surface area (TPSA) is 21.3 Å². The average Bonchev–Trinajstić information content (AvgIpc) is 2.41. The van der Waals surface area contributed by atoms with Crippen molar-refractivity contribution in [3.8, 4) is 5.75 Å². The van der Waals surface area contributed by atoms with Crippen molar-refractivity contribution in [2.75, 3.05) is 18.5 Å². The smallest absolute Gasteiger partial charge is 0.138 e. The first kappa shape index (κ1) is 14.5. The minimum absolute atomic E-state index is 0.646. The van der Waals surface area contributed by atoms with Crippen LogP contribution in [0.4, 0.5) is 5.69 Å². The number of benzene rings is 1. The Morgan fingerprint density at radius 2 is 2.00 bits per heavy atom. The normalized spacial score (nSPS) is 23.1. The zero-order valence-electron chi connectivity index (χ0n) is 11.9. The molecule has 2 nitrogen and oxygen atoms in total. The van der Waals surface area contributed by atoms with Crippen LogP contribution in [0.5, 0.6) is 5.75 Å². The zero-order valence-corrected chi connectivity index (χ0v) is 12.7. The Hall–Kier alpha value is -0.890. The van der Waals surface area contributed by atoms with Gasteiger partial charge in [0.15, 0.2) is 0 Å². The van der Waals surface area contributed by atoms with Crippen molar-refractivity contribution in [2.45, 2.75) is 39.5 Å². The lowest BCUT2D eigenvalue weighted by Gasteiger charge is -2.26. The van der Waals surface area contributed by atoms with Crippen molar-refractivity contribution < 1.29 is 4.74 Å². The summed E-state index contributed by atoms with van der Waals surface area (Å²) in [4.78, 5) is 0. The van der Waals surface area contributed by atoms with Crippen LogP contribution in [0.2, 0.25) is 5.02 Å². The summed E-state index contributed by atoms with van der Waals surface area (Å²) < 4.78 is 5.44. The van der Waals surface area contributed by atoms with E-state index in [4.69, 9.17) is 16.3 Å². The Morgan fingerprint density at radius 3 is 2.63 bits per heavy atom. The van der Waals surface area contributed by atoms with Gasteiger partial charge in [0.05, 0.1) is 11.6 Å². The summed E-state index contributed by atoms with van der Waals surface area (Å²) in [6, 6.07) is 5.94. The second-order valence-electron chi connectivity index (χ2n) is 5.59. The summed E-state index contributed by atoms with van der Waals surface area (Å²) in [5.74, 6) is 2.49. The average molecular weight is 282 g/mol. The Morgan fingerprint density at radius 1 is 1.26 bits per heavy atom. The number of ether oxygens (including phenoxy) is 1. The van der Waals surface area contributed by atoms with E-state index in [1.165, 1.54) is 25.7 Å². The minimum atomic E-state index is 0.646. The van der Waals surface area contributed by atoms with Gasteiger partial charge in [-0.05, 0) is 49.8 Å². The maximum absolute atomic E-state index is 6.18. The van der Waals surface area contributed by atoms with Crippen molar-refractivity contribution >= 4 is 17.3 Å². The Labute approximate surface area is 121 Å². The van der Waals surface area contributed by atoms with Crippen LogP contribution in [-0.2, 0) is 0 Å². The Kier molecular flexibility index (Phi) is 5.38. The van der Waals surface area contributed by atoms with E-state index in [0.717, 1.165) is 29.8 Å². The fraction of sp³-hybridized carbons (Fsp3) is 0.625. The van der Waals surface area contributed by atoms with E-state index in [0.29, 0.717) is 11.6 Å². The van der Waals surface area contributed by atoms with Crippen LogP contribution in [0.15, 0.2) is 18.2 Å². The van der Waals surface area contributed by atoms with Gasteiger partial charge >= 0.3 is 0 Å². The number of hydrogen-bond donors (Lipinski definition) is 1. The highest BCUT2D eigenvalue weighted by Gasteiger charge is 2.17. The van der Waals surface area contributed by atoms with Gasteiger partial charge in [-0.15, -0.1) is 0 Å². The summed E-state index contributed by atoms with van der Waals surface area (Å²) in [7, 11) is 0. The van der Waals surface area contributed by atoms with Gasteiger partial charge in [-0.25, -0.2) is 0 Å². The van der Waals surface area contributed by atoms with Gasteiger partial charge in [-0.3, -0.25) is 0 Å². The molecule has 1 aromatic rings. The van der Waals surface area contributed by atoms with Crippen molar-refractivity contribution in [2.24, 2.45) is 11.8 Å². The minimum Gasteiger partial charge on any atom is -0.492 e. The lowest BCUT2D eigenvalue weighted by Crippen LogP contribution is -2.20. The summed E-state index contributed by atoms with van der Waals surface area (Å²) in [6.45, 7) is 6.02. The standard InChI is InChI=1S/C16H24ClNO/c1-3-19-16-9-8-14(10-15(16)17)18-11-13-6-4-12(2)5-7-13/h8-10,12-13,18H,3-7,11H2,1-2H3. The first-order valence-electron chi connectivity index (χ1n) is 7.35. The second-order valence-corrected chi connectivity index (χ2v) is 5.99. The molecule has 0 atom stereocenters. The van der Waals surface area contributed by atoms with Gasteiger partial charge in [0.1, 0.15) is 5.75 Å². The van der Waals surface area contributed by atoms with Crippen molar-refractivity contribution in [1.82, 2.24) is 0 Å². The molecule has 1 N–H and O–H groups in total. The summed E-state index contributed by atoms with van der Waals surface area (Å²) in [5, 5.41) is 4.18. The Balaban J connectivity index is 1.84. The fourth-order valence-electron chi connectivity index (χ4n) is 2.68. The van der Waals surface area contributed by atoms with Crippen LogP contribution in [0, 0.1) is 11.8 Å². The van der Waals surface area contributed by atoms with Gasteiger partial charge in [-0.1, -0.05) is 31.4 Å². The molecule has 0 heterocycles. The van der Waals surface area contributed by atoms with E-state index in [9.17, 15) is 0 Å². The van der Waals surface area contributed by atoms with Crippen molar-refractivity contribution in [1.29, 1.82) is 0 Å². The van der Waals surface area contributed by atoms with Gasteiger partial charge in [-0.2, -0.15) is 0 Å². The van der Waals surface area contributed by atoms with E-state index in [-0.39, 0.29) is 0 Å². The van der Waals surface area contributed by atoms with Crippen LogP contribution in [0.1, 0.15) is 39.5 Å². The third-order valence-electron chi connectivity index (χ3n) is 3.96. The number of hydrogen-bond acceptors (Lipinski definition) is 2. The first-order chi connectivity index (χ1) is 9.19. The summed E-state index contributed by atoms with van der Waals surface area (Å²) in [5.41, 5.74) is 1.09. The third-order valence-corrected chi connectivity index (χ3v) is 4.26. The van der Waals surface area contributed by atoms with Gasteiger partial charge in [0, 0.05) is 12.2 Å². The lowest BCUT2D eigenvalue weighted by molar-refractivity contribution is 0.300. The Bertz CT molecular complexity index is 400. The molecule has 1 saturated carbocycles. The van der Waals surface area contributed by atoms with Gasteiger partial charge in [0.2, 0.25) is 0 Å². The molecule has 2 rings (SSSR count). The number of anilines is 1. The SMILES string of the molecule is CCOc1ccc(NCC2CCC(C)CC2)cc1Cl. The van der Waals surface area contributed by atoms with Crippen molar-refractivity contribution in [3.05, 3.63) is 23.2 Å². The first-order valence-corrected chi connectivity index (χ1v) is 7.73. The van der Waals surface area contributed by atoms with E-state index >= 15 is 0 Å². The molecule has 1 aromatic carbocycles. The quantitative estimate of drug-likeness (QED) is 0.822. The monoisotopic (exact) mass is 281 g/mol. The molecular weight excluding hydrogens is 258 g/mol. The summed E-state index contributed by atoms with van der Waals surface area (Å²) >= 11 is 6.18. The molecule has 106 valence electrons. The van der Waals surface area contributed by atoms with Crippen LogP contribution < -0.4 is 10.1 Å². The highest BCUT2D eigenvalue weighted by atomic mass is 35.5. The molecule has 0 unspecified atom stereocenters. The largest absolute Gasteiger partial charge is 0.492 e. The summed E-state index contributed by atoms with van der Waals surface area (Å²) in [6.07, 6.45) is 5.44. The molecule has 0 saturated heterocycles. The van der Waals surface area contributed by atoms with Crippen LogP contribution in [0.25, 0.3) is 0 Å². The predicted molar refractivity (Wildman–Crippen MR) is 82.2 cm³/mol. The molecule has 19 heavy (non-hydrogen) atoms. The molecule has 0 radical (unpaired) electrons. The third kappa shape index (κ3) is 4.31. The maximum atomic E-state index is 6.18. The van der Waals surface area contributed by atoms with Gasteiger partial charge < -0.3 is 10.1 Å². The molecule has 0 spiro atoms. The number of halogens is 1. The second kappa shape index (κ2) is 7.04. The van der Waals surface area contributed by atoms with E-state index in [1.807, 2.05) is 25.1 Å². The van der Waals surface area contributed by atoms with Crippen molar-refractivity contribution in [3.63, 3.8) is 0 Å². The number of nitrogens with one attached hydrogen (secondary N) is 1. The molecule has 1 fully saturated rings. The number of rotatable bonds is 5. The maximum Gasteiger partial charge on any atom is 0.138 e. The van der Waals surface area contributed by atoms with Crippen LogP contribution in [-0.4, -0.2) is 13.2 Å². The molecule has 0 amide bonds. The fourth-order valence-corrected chi connectivity index (χ4v) is 2.91. The van der Waals surface area contributed by atoms with Gasteiger partial charge in [0.25, 0.3) is 0 Å². The molecule has 0 bridgehead atoms. The molecule has 0 aromatic heterocycles. The van der Waals surface area contributed by atoms with E-state index in [1.54, 1.807) is 0 Å². The molecule has 1 aliphatic rings. The molecule has 0 aliphatic heterocycles. The van der Waals surface area contributed by atoms with E-state index < -0.39 is 0 Å². The van der Waals surface area contributed by atoms with E-state index in [2.05, 4.69) is 12.2 Å². The highest BCUT2D eigenvalue weighted by molar-refractivity contribution is 6.32. The van der Waals surface area contributed by atoms with Crippen LogP contribution >= 0.6 is 11.6 Å². The molecule has 1 aliphatic carbocycles. The zero-order chi connectivity index (χ0) is 13.7. The predicted octanol–water partition coefficient (Wildman–Crippen LogP) is 4.98.